The molecule has 2 fully saturated rings. The maximum Gasteiger partial charge on any atom is 0.227 e. The van der Waals surface area contributed by atoms with Crippen LogP contribution in [0.25, 0.3) is 0 Å². The Morgan fingerprint density at radius 3 is 2.65 bits per heavy atom. The van der Waals surface area contributed by atoms with Gasteiger partial charge in [0.15, 0.2) is 0 Å². The first-order valence-corrected chi connectivity index (χ1v) is 8.80. The fourth-order valence-electron chi connectivity index (χ4n) is 2.90. The van der Waals surface area contributed by atoms with E-state index in [4.69, 9.17) is 4.74 Å². The number of amides is 1. The fourth-order valence-corrected chi connectivity index (χ4v) is 4.58. The first-order valence-electron chi connectivity index (χ1n) is 7.19. The van der Waals surface area contributed by atoms with Crippen LogP contribution in [0.2, 0.25) is 0 Å². The molecular formula is C13H24N2O4S. The fraction of sp³-hybridized carbons (Fsp3) is 0.923. The van der Waals surface area contributed by atoms with Gasteiger partial charge in [0.2, 0.25) is 15.9 Å². The van der Waals surface area contributed by atoms with E-state index in [1.807, 2.05) is 6.92 Å². The molecule has 0 aromatic heterocycles. The summed E-state index contributed by atoms with van der Waals surface area (Å²) in [5, 5.41) is 0. The Kier molecular flexibility index (Phi) is 4.71. The Balaban J connectivity index is 2.05. The maximum absolute atomic E-state index is 12.2. The summed E-state index contributed by atoms with van der Waals surface area (Å²) < 4.78 is 31.8. The summed E-state index contributed by atoms with van der Waals surface area (Å²) in [4.78, 5) is 13.7. The van der Waals surface area contributed by atoms with Crippen molar-refractivity contribution in [2.24, 2.45) is 5.92 Å². The van der Waals surface area contributed by atoms with Crippen LogP contribution in [-0.2, 0) is 19.6 Å². The van der Waals surface area contributed by atoms with Gasteiger partial charge in [0.05, 0.1) is 23.9 Å². The van der Waals surface area contributed by atoms with E-state index < -0.39 is 10.0 Å². The monoisotopic (exact) mass is 304 g/mol. The van der Waals surface area contributed by atoms with E-state index in [2.05, 4.69) is 0 Å². The molecule has 2 rings (SSSR count). The third kappa shape index (κ3) is 3.15. The normalized spacial score (nSPS) is 30.4. The Morgan fingerprint density at radius 1 is 1.35 bits per heavy atom. The number of carbonyl (C=O) groups excluding carboxylic acids is 1. The molecule has 0 aliphatic carbocycles. The topological polar surface area (TPSA) is 66.9 Å². The Labute approximate surface area is 121 Å². The van der Waals surface area contributed by atoms with Crippen molar-refractivity contribution in [2.75, 3.05) is 32.9 Å². The van der Waals surface area contributed by atoms with E-state index >= 15 is 0 Å². The molecule has 0 radical (unpaired) electrons. The average molecular weight is 304 g/mol. The largest absolute Gasteiger partial charge is 0.371 e. The number of hydrogen-bond donors (Lipinski definition) is 0. The summed E-state index contributed by atoms with van der Waals surface area (Å²) >= 11 is 0. The van der Waals surface area contributed by atoms with Crippen molar-refractivity contribution in [1.82, 2.24) is 9.21 Å². The van der Waals surface area contributed by atoms with Gasteiger partial charge in [-0.2, -0.15) is 4.31 Å². The van der Waals surface area contributed by atoms with Crippen molar-refractivity contribution in [3.63, 3.8) is 0 Å². The summed E-state index contributed by atoms with van der Waals surface area (Å²) in [5.74, 6) is 0.0153. The zero-order valence-corrected chi connectivity index (χ0v) is 13.2. The molecular weight excluding hydrogens is 280 g/mol. The molecule has 2 aliphatic rings. The van der Waals surface area contributed by atoms with E-state index in [1.54, 1.807) is 19.0 Å². The average Bonchev–Trinajstić information content (AvgIpc) is 2.69. The molecule has 2 bridgehead atoms. The molecule has 0 aromatic rings. The van der Waals surface area contributed by atoms with Gasteiger partial charge in [-0.1, -0.05) is 13.3 Å². The lowest BCUT2D eigenvalue weighted by Gasteiger charge is -2.32. The highest BCUT2D eigenvalue weighted by molar-refractivity contribution is 7.89. The highest BCUT2D eigenvalue weighted by Gasteiger charge is 2.47. The van der Waals surface area contributed by atoms with Crippen LogP contribution in [0.3, 0.4) is 0 Å². The van der Waals surface area contributed by atoms with E-state index in [0.717, 1.165) is 6.42 Å². The number of rotatable bonds is 5. The molecule has 0 N–H and O–H groups in total. The number of unbranched alkanes of at least 4 members (excludes halogenated alkanes) is 1. The van der Waals surface area contributed by atoms with Crippen LogP contribution in [0.5, 0.6) is 0 Å². The predicted molar refractivity (Wildman–Crippen MR) is 75.7 cm³/mol. The van der Waals surface area contributed by atoms with Crippen LogP contribution < -0.4 is 0 Å². The van der Waals surface area contributed by atoms with Crippen molar-refractivity contribution >= 4 is 15.9 Å². The summed E-state index contributed by atoms with van der Waals surface area (Å²) in [6, 6.07) is 0. The maximum atomic E-state index is 12.2. The smallest absolute Gasteiger partial charge is 0.227 e. The second-order valence-corrected chi connectivity index (χ2v) is 7.95. The number of morpholine rings is 1. The number of fused-ring (bicyclic) bond motifs is 2. The van der Waals surface area contributed by atoms with E-state index in [0.29, 0.717) is 25.9 Å². The van der Waals surface area contributed by atoms with Crippen molar-refractivity contribution in [1.29, 1.82) is 0 Å². The Morgan fingerprint density at radius 2 is 2.05 bits per heavy atom. The first-order chi connectivity index (χ1) is 9.35. The second kappa shape index (κ2) is 5.99. The van der Waals surface area contributed by atoms with Crippen LogP contribution in [-0.4, -0.2) is 68.7 Å². The lowest BCUT2D eigenvalue weighted by atomic mass is 9.99. The number of sulfonamides is 1. The molecule has 2 saturated heterocycles. The minimum atomic E-state index is -3.21. The molecule has 116 valence electrons. The van der Waals surface area contributed by atoms with Crippen LogP contribution in [0.1, 0.15) is 26.2 Å². The van der Waals surface area contributed by atoms with Crippen molar-refractivity contribution < 1.29 is 17.9 Å². The summed E-state index contributed by atoms with van der Waals surface area (Å²) in [6.07, 6.45) is 1.73. The lowest BCUT2D eigenvalue weighted by Crippen LogP contribution is -2.48. The van der Waals surface area contributed by atoms with Crippen LogP contribution in [0.15, 0.2) is 0 Å². The zero-order valence-electron chi connectivity index (χ0n) is 12.4. The molecule has 0 unspecified atom stereocenters. The van der Waals surface area contributed by atoms with E-state index in [-0.39, 0.29) is 29.8 Å². The molecule has 3 atom stereocenters. The van der Waals surface area contributed by atoms with Gasteiger partial charge in [0.25, 0.3) is 0 Å². The molecule has 20 heavy (non-hydrogen) atoms. The Hall–Kier alpha value is -0.660. The molecule has 2 aliphatic heterocycles. The SMILES string of the molecule is CCCCS(=O)(=O)N1C[C@H]2C[C@H](C(=O)N(C)C)[C@@H](C1)O2. The van der Waals surface area contributed by atoms with Gasteiger partial charge in [0.1, 0.15) is 0 Å². The number of ether oxygens (including phenoxy) is 1. The molecule has 6 nitrogen and oxygen atoms in total. The summed E-state index contributed by atoms with van der Waals surface area (Å²) in [5.41, 5.74) is 0. The van der Waals surface area contributed by atoms with Gasteiger partial charge < -0.3 is 9.64 Å². The minimum absolute atomic E-state index is 0.0327. The zero-order chi connectivity index (χ0) is 14.9. The van der Waals surface area contributed by atoms with Gasteiger partial charge in [-0.25, -0.2) is 8.42 Å². The van der Waals surface area contributed by atoms with Crippen LogP contribution >= 0.6 is 0 Å². The highest BCUT2D eigenvalue weighted by atomic mass is 32.2. The Bertz CT molecular complexity index is 463. The number of carbonyl (C=O) groups is 1. The van der Waals surface area contributed by atoms with Gasteiger partial charge in [-0.15, -0.1) is 0 Å². The minimum Gasteiger partial charge on any atom is -0.371 e. The second-order valence-electron chi connectivity index (χ2n) is 5.86. The van der Waals surface area contributed by atoms with E-state index in [9.17, 15) is 13.2 Å². The summed E-state index contributed by atoms with van der Waals surface area (Å²) in [7, 11) is 0.233. The molecule has 1 amide bonds. The van der Waals surface area contributed by atoms with Gasteiger partial charge in [0, 0.05) is 27.2 Å². The van der Waals surface area contributed by atoms with Crippen LogP contribution in [0.4, 0.5) is 0 Å². The first kappa shape index (κ1) is 15.7. The van der Waals surface area contributed by atoms with Gasteiger partial charge in [-0.3, -0.25) is 4.79 Å². The van der Waals surface area contributed by atoms with E-state index in [1.165, 1.54) is 4.31 Å². The molecule has 2 heterocycles. The van der Waals surface area contributed by atoms with Crippen molar-refractivity contribution in [3.05, 3.63) is 0 Å². The molecule has 0 aromatic carbocycles. The molecule has 7 heteroatoms. The quantitative estimate of drug-likeness (QED) is 0.732. The highest BCUT2D eigenvalue weighted by Crippen LogP contribution is 2.34. The van der Waals surface area contributed by atoms with Crippen molar-refractivity contribution in [2.45, 2.75) is 38.4 Å². The number of hydrogen-bond acceptors (Lipinski definition) is 4. The van der Waals surface area contributed by atoms with Gasteiger partial charge >= 0.3 is 0 Å². The lowest BCUT2D eigenvalue weighted by molar-refractivity contribution is -0.135. The predicted octanol–water partition coefficient (Wildman–Crippen LogP) is 0.294. The summed E-state index contributed by atoms with van der Waals surface area (Å²) in [6.45, 7) is 2.68. The third-order valence-electron chi connectivity index (χ3n) is 4.03. The van der Waals surface area contributed by atoms with Gasteiger partial charge in [-0.05, 0) is 12.8 Å². The molecule has 0 saturated carbocycles. The number of nitrogens with zero attached hydrogens (tertiary/aromatic N) is 2. The molecule has 0 spiro atoms. The van der Waals surface area contributed by atoms with Crippen LogP contribution in [0, 0.1) is 5.92 Å². The van der Waals surface area contributed by atoms with Crippen molar-refractivity contribution in [3.8, 4) is 0 Å². The standard InChI is InChI=1S/C13H24N2O4S/c1-4-5-6-20(17,18)15-8-10-7-11(12(9-15)19-10)13(16)14(2)3/h10-12H,4-9H2,1-3H3/t10-,11+,12-/m1/s1. The third-order valence-corrected chi connectivity index (χ3v) is 5.92.